The van der Waals surface area contributed by atoms with E-state index in [1.807, 2.05) is 6.92 Å². The molecule has 1 unspecified atom stereocenters. The molecular weight excluding hydrogens is 244 g/mol. The summed E-state index contributed by atoms with van der Waals surface area (Å²) in [5.74, 6) is -0.449. The third-order valence-electron chi connectivity index (χ3n) is 2.17. The van der Waals surface area contributed by atoms with E-state index in [-0.39, 0.29) is 16.6 Å². The molecule has 1 aromatic rings. The van der Waals surface area contributed by atoms with Gasteiger partial charge in [0.2, 0.25) is 0 Å². The third-order valence-corrected chi connectivity index (χ3v) is 2.39. The standard InChI is InChI=1S/C11H13ClN2O3/c1-8(12)6-7-13-11(15)9-4-2-3-5-10(9)14(16)17/h2-5,8H,6-7H2,1H3,(H,13,15). The predicted molar refractivity (Wildman–Crippen MR) is 65.4 cm³/mol. The van der Waals surface area contributed by atoms with Gasteiger partial charge in [-0.3, -0.25) is 14.9 Å². The topological polar surface area (TPSA) is 72.2 Å². The van der Waals surface area contributed by atoms with Gasteiger partial charge >= 0.3 is 0 Å². The van der Waals surface area contributed by atoms with E-state index in [1.54, 1.807) is 6.07 Å². The molecule has 0 saturated heterocycles. The molecule has 1 atom stereocenters. The Morgan fingerprint density at radius 3 is 2.76 bits per heavy atom. The van der Waals surface area contributed by atoms with Crippen molar-refractivity contribution in [3.63, 3.8) is 0 Å². The molecule has 1 rings (SSSR count). The molecule has 92 valence electrons. The van der Waals surface area contributed by atoms with Crippen LogP contribution in [0.4, 0.5) is 5.69 Å². The summed E-state index contributed by atoms with van der Waals surface area (Å²) < 4.78 is 0. The lowest BCUT2D eigenvalue weighted by atomic mass is 10.1. The summed E-state index contributed by atoms with van der Waals surface area (Å²) in [7, 11) is 0. The van der Waals surface area contributed by atoms with Crippen molar-refractivity contribution in [3.8, 4) is 0 Å². The van der Waals surface area contributed by atoms with E-state index in [0.29, 0.717) is 13.0 Å². The predicted octanol–water partition coefficient (Wildman–Crippen LogP) is 2.34. The van der Waals surface area contributed by atoms with Crippen LogP contribution in [0.1, 0.15) is 23.7 Å². The minimum Gasteiger partial charge on any atom is -0.352 e. The van der Waals surface area contributed by atoms with Gasteiger partial charge in [-0.2, -0.15) is 0 Å². The van der Waals surface area contributed by atoms with Gasteiger partial charge in [-0.1, -0.05) is 12.1 Å². The SMILES string of the molecule is CC(Cl)CCNC(=O)c1ccccc1[N+](=O)[O-]. The molecule has 1 aromatic carbocycles. The first-order valence-electron chi connectivity index (χ1n) is 5.18. The lowest BCUT2D eigenvalue weighted by molar-refractivity contribution is -0.385. The van der Waals surface area contributed by atoms with E-state index in [9.17, 15) is 14.9 Å². The Kier molecular flexibility index (Phi) is 4.90. The summed E-state index contributed by atoms with van der Waals surface area (Å²) in [4.78, 5) is 21.8. The minimum absolute atomic E-state index is 0.0407. The van der Waals surface area contributed by atoms with Crippen LogP contribution < -0.4 is 5.32 Å². The molecule has 0 spiro atoms. The number of nitrogens with one attached hydrogen (secondary N) is 1. The summed E-state index contributed by atoms with van der Waals surface area (Å²) in [6.07, 6.45) is 0.619. The van der Waals surface area contributed by atoms with Crippen LogP contribution in [0, 0.1) is 10.1 Å². The highest BCUT2D eigenvalue weighted by molar-refractivity contribution is 6.20. The van der Waals surface area contributed by atoms with Gasteiger partial charge in [0, 0.05) is 18.0 Å². The largest absolute Gasteiger partial charge is 0.352 e. The van der Waals surface area contributed by atoms with Crippen LogP contribution in [0.15, 0.2) is 24.3 Å². The molecule has 6 heteroatoms. The summed E-state index contributed by atoms with van der Waals surface area (Å²) in [5.41, 5.74) is -0.122. The number of alkyl halides is 1. The number of hydrogen-bond donors (Lipinski definition) is 1. The van der Waals surface area contributed by atoms with Gasteiger partial charge in [0.15, 0.2) is 0 Å². The fourth-order valence-electron chi connectivity index (χ4n) is 1.30. The summed E-state index contributed by atoms with van der Waals surface area (Å²) in [5, 5.41) is 13.3. The highest BCUT2D eigenvalue weighted by Gasteiger charge is 2.18. The molecule has 0 saturated carbocycles. The van der Waals surface area contributed by atoms with Crippen molar-refractivity contribution in [2.75, 3.05) is 6.54 Å². The smallest absolute Gasteiger partial charge is 0.282 e. The van der Waals surface area contributed by atoms with Gasteiger partial charge in [-0.25, -0.2) is 0 Å². The Morgan fingerprint density at radius 2 is 2.18 bits per heavy atom. The van der Waals surface area contributed by atoms with Crippen molar-refractivity contribution < 1.29 is 9.72 Å². The molecule has 1 N–H and O–H groups in total. The van der Waals surface area contributed by atoms with Gasteiger partial charge < -0.3 is 5.32 Å². The molecular formula is C11H13ClN2O3. The second-order valence-corrected chi connectivity index (χ2v) is 4.34. The van der Waals surface area contributed by atoms with Crippen LogP contribution in [-0.2, 0) is 0 Å². The van der Waals surface area contributed by atoms with Crippen molar-refractivity contribution in [1.29, 1.82) is 0 Å². The number of rotatable bonds is 5. The first-order valence-corrected chi connectivity index (χ1v) is 5.61. The molecule has 0 aliphatic heterocycles. The zero-order valence-electron chi connectivity index (χ0n) is 9.35. The molecule has 0 radical (unpaired) electrons. The average Bonchev–Trinajstić information content (AvgIpc) is 2.28. The summed E-state index contributed by atoms with van der Waals surface area (Å²) >= 11 is 5.73. The first-order chi connectivity index (χ1) is 8.02. The number of hydrogen-bond acceptors (Lipinski definition) is 3. The highest BCUT2D eigenvalue weighted by Crippen LogP contribution is 2.17. The van der Waals surface area contributed by atoms with Crippen LogP contribution >= 0.6 is 11.6 Å². The summed E-state index contributed by atoms with van der Waals surface area (Å²) in [6, 6.07) is 5.85. The van der Waals surface area contributed by atoms with E-state index in [2.05, 4.69) is 5.32 Å². The van der Waals surface area contributed by atoms with E-state index in [1.165, 1.54) is 18.2 Å². The van der Waals surface area contributed by atoms with E-state index in [0.717, 1.165) is 0 Å². The zero-order valence-corrected chi connectivity index (χ0v) is 10.1. The quantitative estimate of drug-likeness (QED) is 0.499. The lowest BCUT2D eigenvalue weighted by Gasteiger charge is -2.06. The molecule has 17 heavy (non-hydrogen) atoms. The van der Waals surface area contributed by atoms with Gasteiger partial charge in [0.25, 0.3) is 11.6 Å². The zero-order chi connectivity index (χ0) is 12.8. The van der Waals surface area contributed by atoms with Crippen LogP contribution in [0.2, 0.25) is 0 Å². The van der Waals surface area contributed by atoms with Crippen molar-refractivity contribution >= 4 is 23.2 Å². The average molecular weight is 257 g/mol. The maximum absolute atomic E-state index is 11.7. The van der Waals surface area contributed by atoms with Crippen molar-refractivity contribution in [2.24, 2.45) is 0 Å². The van der Waals surface area contributed by atoms with Crippen LogP contribution in [0.3, 0.4) is 0 Å². The Bertz CT molecular complexity index is 421. The Morgan fingerprint density at radius 1 is 1.53 bits per heavy atom. The molecule has 0 heterocycles. The molecule has 1 amide bonds. The minimum atomic E-state index is -0.570. The lowest BCUT2D eigenvalue weighted by Crippen LogP contribution is -2.26. The van der Waals surface area contributed by atoms with Crippen LogP contribution in [0.5, 0.6) is 0 Å². The number of nitro groups is 1. The number of para-hydroxylation sites is 1. The van der Waals surface area contributed by atoms with Crippen molar-refractivity contribution in [3.05, 3.63) is 39.9 Å². The van der Waals surface area contributed by atoms with Crippen LogP contribution in [-0.4, -0.2) is 22.8 Å². The Labute approximate surface area is 104 Å². The Hall–Kier alpha value is -1.62. The number of benzene rings is 1. The number of nitrogens with zero attached hydrogens (tertiary/aromatic N) is 1. The number of halogens is 1. The first kappa shape index (κ1) is 13.4. The highest BCUT2D eigenvalue weighted by atomic mass is 35.5. The van der Waals surface area contributed by atoms with E-state index >= 15 is 0 Å². The van der Waals surface area contributed by atoms with E-state index in [4.69, 9.17) is 11.6 Å². The third kappa shape index (κ3) is 4.03. The molecule has 0 fully saturated rings. The van der Waals surface area contributed by atoms with Gasteiger partial charge in [0.05, 0.1) is 4.92 Å². The van der Waals surface area contributed by atoms with Gasteiger partial charge in [-0.15, -0.1) is 11.6 Å². The number of amides is 1. The maximum atomic E-state index is 11.7. The molecule has 0 aromatic heterocycles. The molecule has 5 nitrogen and oxygen atoms in total. The van der Waals surface area contributed by atoms with E-state index < -0.39 is 10.8 Å². The fraction of sp³-hybridized carbons (Fsp3) is 0.364. The number of nitro benzene ring substituents is 1. The fourth-order valence-corrected chi connectivity index (χ4v) is 1.41. The molecule has 0 aliphatic rings. The normalized spacial score (nSPS) is 11.9. The van der Waals surface area contributed by atoms with Gasteiger partial charge in [-0.05, 0) is 19.4 Å². The second-order valence-electron chi connectivity index (χ2n) is 3.60. The number of carbonyl (C=O) groups is 1. The summed E-state index contributed by atoms with van der Waals surface area (Å²) in [6.45, 7) is 2.22. The molecule has 0 bridgehead atoms. The second kappa shape index (κ2) is 6.20. The number of carbonyl (C=O) groups excluding carboxylic acids is 1. The van der Waals surface area contributed by atoms with Crippen molar-refractivity contribution in [1.82, 2.24) is 5.32 Å². The molecule has 0 aliphatic carbocycles. The Balaban J connectivity index is 2.72. The monoisotopic (exact) mass is 256 g/mol. The van der Waals surface area contributed by atoms with Crippen LogP contribution in [0.25, 0.3) is 0 Å². The maximum Gasteiger partial charge on any atom is 0.282 e. The van der Waals surface area contributed by atoms with Gasteiger partial charge in [0.1, 0.15) is 5.56 Å². The van der Waals surface area contributed by atoms with Crippen molar-refractivity contribution in [2.45, 2.75) is 18.7 Å².